The molecular formula is C16H16O2. The molecule has 3 rings (SSSR count). The summed E-state index contributed by atoms with van der Waals surface area (Å²) in [4.78, 5) is 12.1. The van der Waals surface area contributed by atoms with Crippen molar-refractivity contribution in [1.82, 2.24) is 0 Å². The maximum absolute atomic E-state index is 12.1. The van der Waals surface area contributed by atoms with Crippen molar-refractivity contribution in [2.75, 3.05) is 0 Å². The molecule has 1 aliphatic rings. The second-order valence-corrected chi connectivity index (χ2v) is 5.62. The van der Waals surface area contributed by atoms with Crippen molar-refractivity contribution in [3.05, 3.63) is 42.4 Å². The molecule has 0 amide bonds. The highest BCUT2D eigenvalue weighted by molar-refractivity contribution is 6.23. The summed E-state index contributed by atoms with van der Waals surface area (Å²) in [5, 5.41) is 2.07. The lowest BCUT2D eigenvalue weighted by molar-refractivity contribution is -0.114. The monoisotopic (exact) mass is 240 g/mol. The Morgan fingerprint density at radius 2 is 2.00 bits per heavy atom. The van der Waals surface area contributed by atoms with Crippen molar-refractivity contribution in [3.63, 3.8) is 0 Å². The molecular weight excluding hydrogens is 224 g/mol. The molecule has 1 heterocycles. The van der Waals surface area contributed by atoms with Gasteiger partial charge in [0.25, 0.3) is 0 Å². The molecule has 0 radical (unpaired) electrons. The van der Waals surface area contributed by atoms with Gasteiger partial charge < -0.3 is 4.42 Å². The normalized spacial score (nSPS) is 19.0. The summed E-state index contributed by atoms with van der Waals surface area (Å²) < 4.78 is 5.63. The second-order valence-electron chi connectivity index (χ2n) is 5.62. The first-order chi connectivity index (χ1) is 8.57. The van der Waals surface area contributed by atoms with Crippen LogP contribution >= 0.6 is 0 Å². The highest BCUT2D eigenvalue weighted by atomic mass is 16.3. The number of allylic oxidation sites excluding steroid dienone is 2. The van der Waals surface area contributed by atoms with Crippen LogP contribution in [-0.4, -0.2) is 5.78 Å². The highest BCUT2D eigenvalue weighted by Gasteiger charge is 2.28. The van der Waals surface area contributed by atoms with Crippen molar-refractivity contribution >= 4 is 22.1 Å². The average molecular weight is 240 g/mol. The van der Waals surface area contributed by atoms with E-state index in [1.807, 2.05) is 24.3 Å². The summed E-state index contributed by atoms with van der Waals surface area (Å²) in [6.07, 6.45) is 5.30. The quantitative estimate of drug-likeness (QED) is 0.747. The van der Waals surface area contributed by atoms with Crippen LogP contribution < -0.4 is 0 Å². The predicted octanol–water partition coefficient (Wildman–Crippen LogP) is 4.21. The fourth-order valence-corrected chi connectivity index (χ4v) is 2.51. The van der Waals surface area contributed by atoms with E-state index in [1.165, 1.54) is 0 Å². The first-order valence-electron chi connectivity index (χ1n) is 6.29. The van der Waals surface area contributed by atoms with Crippen molar-refractivity contribution < 1.29 is 9.21 Å². The van der Waals surface area contributed by atoms with Crippen LogP contribution in [0.25, 0.3) is 16.3 Å². The molecule has 0 spiro atoms. The molecule has 1 aromatic carbocycles. The van der Waals surface area contributed by atoms with Crippen LogP contribution in [0.2, 0.25) is 0 Å². The third-order valence-electron chi connectivity index (χ3n) is 3.59. The van der Waals surface area contributed by atoms with Gasteiger partial charge in [0.1, 0.15) is 5.76 Å². The first-order valence-corrected chi connectivity index (χ1v) is 6.29. The van der Waals surface area contributed by atoms with Gasteiger partial charge in [-0.1, -0.05) is 44.2 Å². The number of hydrogen-bond donors (Lipinski definition) is 0. The topological polar surface area (TPSA) is 30.2 Å². The van der Waals surface area contributed by atoms with E-state index in [1.54, 1.807) is 6.26 Å². The van der Waals surface area contributed by atoms with Gasteiger partial charge in [0.05, 0.1) is 11.8 Å². The molecule has 2 heteroatoms. The Morgan fingerprint density at radius 1 is 1.22 bits per heavy atom. The Hall–Kier alpha value is -1.83. The van der Waals surface area contributed by atoms with E-state index in [9.17, 15) is 4.79 Å². The third-order valence-corrected chi connectivity index (χ3v) is 3.59. The summed E-state index contributed by atoms with van der Waals surface area (Å²) in [5.74, 6) is 0.915. The van der Waals surface area contributed by atoms with Crippen molar-refractivity contribution in [1.29, 1.82) is 0 Å². The molecule has 0 saturated carbocycles. The molecule has 0 atom stereocenters. The number of benzene rings is 1. The zero-order valence-electron chi connectivity index (χ0n) is 10.7. The van der Waals surface area contributed by atoms with E-state index in [0.717, 1.165) is 28.5 Å². The van der Waals surface area contributed by atoms with Gasteiger partial charge in [0.15, 0.2) is 5.78 Å². The minimum Gasteiger partial charge on any atom is -0.463 e. The van der Waals surface area contributed by atoms with Crippen LogP contribution in [-0.2, 0) is 4.79 Å². The molecule has 1 aliphatic carbocycles. The van der Waals surface area contributed by atoms with Crippen LogP contribution in [0.3, 0.4) is 0 Å². The van der Waals surface area contributed by atoms with E-state index in [4.69, 9.17) is 4.42 Å². The number of hydrogen-bond acceptors (Lipinski definition) is 2. The summed E-state index contributed by atoms with van der Waals surface area (Å²) in [5.41, 5.74) is 0.810. The lowest BCUT2D eigenvalue weighted by Gasteiger charge is -2.25. The van der Waals surface area contributed by atoms with Gasteiger partial charge in [-0.25, -0.2) is 0 Å². The van der Waals surface area contributed by atoms with Gasteiger partial charge in [0.2, 0.25) is 0 Å². The number of carbonyl (C=O) groups is 1. The third kappa shape index (κ3) is 1.78. The van der Waals surface area contributed by atoms with E-state index in [0.29, 0.717) is 6.42 Å². The lowest BCUT2D eigenvalue weighted by Crippen LogP contribution is -2.19. The number of ketones is 1. The second kappa shape index (κ2) is 3.84. The van der Waals surface area contributed by atoms with E-state index < -0.39 is 0 Å². The fourth-order valence-electron chi connectivity index (χ4n) is 2.51. The minimum atomic E-state index is 0.0666. The van der Waals surface area contributed by atoms with E-state index in [2.05, 4.69) is 19.9 Å². The van der Waals surface area contributed by atoms with Crippen molar-refractivity contribution in [2.45, 2.75) is 26.7 Å². The van der Waals surface area contributed by atoms with Gasteiger partial charge in [-0.3, -0.25) is 4.79 Å². The van der Waals surface area contributed by atoms with E-state index in [-0.39, 0.29) is 11.2 Å². The molecule has 0 unspecified atom stereocenters. The highest BCUT2D eigenvalue weighted by Crippen LogP contribution is 2.38. The summed E-state index contributed by atoms with van der Waals surface area (Å²) >= 11 is 0. The molecule has 0 saturated heterocycles. The Labute approximate surface area is 106 Å². The Bertz CT molecular complexity index is 644. The van der Waals surface area contributed by atoms with Crippen LogP contribution in [0.4, 0.5) is 0 Å². The van der Waals surface area contributed by atoms with Crippen LogP contribution in [0.5, 0.6) is 0 Å². The number of Topliss-reactive ketones (excluding diaryl/α,β-unsaturated/α-hetero) is 1. The zero-order valence-corrected chi connectivity index (χ0v) is 10.7. The number of fused-ring (bicyclic) bond motifs is 1. The molecule has 0 bridgehead atoms. The summed E-state index contributed by atoms with van der Waals surface area (Å²) in [6.45, 7) is 4.31. The van der Waals surface area contributed by atoms with Gasteiger partial charge >= 0.3 is 0 Å². The largest absolute Gasteiger partial charge is 0.463 e. The maximum atomic E-state index is 12.1. The summed E-state index contributed by atoms with van der Waals surface area (Å²) in [7, 11) is 0. The van der Waals surface area contributed by atoms with Gasteiger partial charge in [0, 0.05) is 17.2 Å². The Balaban J connectivity index is 2.19. The van der Waals surface area contributed by atoms with Crippen LogP contribution in [0.1, 0.15) is 32.4 Å². The maximum Gasteiger partial charge on any atom is 0.166 e. The Morgan fingerprint density at radius 3 is 2.83 bits per heavy atom. The van der Waals surface area contributed by atoms with Gasteiger partial charge in [-0.15, -0.1) is 0 Å². The molecule has 2 nitrogen and oxygen atoms in total. The molecule has 0 aliphatic heterocycles. The molecule has 0 N–H and O–H groups in total. The van der Waals surface area contributed by atoms with Crippen molar-refractivity contribution in [2.24, 2.45) is 5.41 Å². The number of rotatable bonds is 1. The Kier molecular flexibility index (Phi) is 2.40. The van der Waals surface area contributed by atoms with Crippen LogP contribution in [0.15, 0.2) is 41.0 Å². The SMILES string of the molecule is CC1(C)C=C(c2occ3ccccc23)C(=O)CC1. The smallest absolute Gasteiger partial charge is 0.166 e. The molecule has 2 aromatic rings. The molecule has 18 heavy (non-hydrogen) atoms. The van der Waals surface area contributed by atoms with E-state index >= 15 is 0 Å². The average Bonchev–Trinajstić information content (AvgIpc) is 2.76. The number of furan rings is 1. The molecule has 1 aromatic heterocycles. The zero-order chi connectivity index (χ0) is 12.8. The molecule has 92 valence electrons. The van der Waals surface area contributed by atoms with Crippen molar-refractivity contribution in [3.8, 4) is 0 Å². The fraction of sp³-hybridized carbons (Fsp3) is 0.312. The number of carbonyl (C=O) groups excluding carboxylic acids is 1. The lowest BCUT2D eigenvalue weighted by atomic mass is 9.78. The molecule has 0 fully saturated rings. The summed E-state index contributed by atoms with van der Waals surface area (Å²) in [6, 6.07) is 7.95. The minimum absolute atomic E-state index is 0.0666. The van der Waals surface area contributed by atoms with Gasteiger partial charge in [-0.2, -0.15) is 0 Å². The van der Waals surface area contributed by atoms with Gasteiger partial charge in [-0.05, 0) is 11.8 Å². The first kappa shape index (κ1) is 11.3. The predicted molar refractivity (Wildman–Crippen MR) is 72.2 cm³/mol. The van der Waals surface area contributed by atoms with Crippen LogP contribution in [0, 0.1) is 5.41 Å². The standard InChI is InChI=1S/C16H16O2/c1-16(2)8-7-14(17)13(9-16)15-12-6-4-3-5-11(12)10-18-15/h3-6,9-10H,7-8H2,1-2H3.